The Morgan fingerprint density at radius 3 is 2.60 bits per heavy atom. The molecular weight excluding hydrogens is 186 g/mol. The van der Waals surface area contributed by atoms with E-state index < -0.39 is 0 Å². The number of hydrogen-bond donors (Lipinski definition) is 1. The van der Waals surface area contributed by atoms with E-state index in [1.807, 2.05) is 6.07 Å². The highest BCUT2D eigenvalue weighted by atomic mass is 16.3. The molecule has 1 aliphatic heterocycles. The van der Waals surface area contributed by atoms with Crippen LogP contribution in [0.4, 0.5) is 0 Å². The summed E-state index contributed by atoms with van der Waals surface area (Å²) >= 11 is 0. The maximum Gasteiger partial charge on any atom is 0.0596 e. The Balaban J connectivity index is 2.25. The van der Waals surface area contributed by atoms with Crippen LogP contribution < -0.4 is 0 Å². The molecule has 1 aromatic rings. The third-order valence-electron chi connectivity index (χ3n) is 3.50. The molecule has 0 amide bonds. The first-order chi connectivity index (χ1) is 7.20. The van der Waals surface area contributed by atoms with Gasteiger partial charge in [0, 0.05) is 18.5 Å². The number of rotatable bonds is 1. The minimum absolute atomic E-state index is 0.161. The van der Waals surface area contributed by atoms with Crippen LogP contribution in [-0.4, -0.2) is 29.7 Å². The third-order valence-corrected chi connectivity index (χ3v) is 3.50. The zero-order valence-corrected chi connectivity index (χ0v) is 9.43. The number of piperidine rings is 1. The molecule has 82 valence electrons. The predicted octanol–water partition coefficient (Wildman–Crippen LogP) is 2.06. The average molecular weight is 205 g/mol. The summed E-state index contributed by atoms with van der Waals surface area (Å²) in [5.41, 5.74) is 1.31. The standard InChI is InChI=1S/C13H19NO/c1-10-12(15)8-9-14(2)13(10)11-6-4-3-5-7-11/h3-7,10,12-13,15H,8-9H2,1-2H3. The van der Waals surface area contributed by atoms with Crippen LogP contribution in [0.3, 0.4) is 0 Å². The van der Waals surface area contributed by atoms with Gasteiger partial charge >= 0.3 is 0 Å². The van der Waals surface area contributed by atoms with E-state index in [1.54, 1.807) is 0 Å². The lowest BCUT2D eigenvalue weighted by Crippen LogP contribution is -2.42. The highest BCUT2D eigenvalue weighted by Gasteiger charge is 2.32. The number of likely N-dealkylation sites (tertiary alicyclic amines) is 1. The Hall–Kier alpha value is -0.860. The fraction of sp³-hybridized carbons (Fsp3) is 0.538. The molecule has 1 heterocycles. The van der Waals surface area contributed by atoms with Crippen molar-refractivity contribution in [2.75, 3.05) is 13.6 Å². The minimum atomic E-state index is -0.161. The molecule has 0 radical (unpaired) electrons. The van der Waals surface area contributed by atoms with Crippen LogP contribution in [-0.2, 0) is 0 Å². The van der Waals surface area contributed by atoms with Crippen molar-refractivity contribution < 1.29 is 5.11 Å². The summed E-state index contributed by atoms with van der Waals surface area (Å²) in [7, 11) is 2.14. The summed E-state index contributed by atoms with van der Waals surface area (Å²) in [5, 5.41) is 9.90. The van der Waals surface area contributed by atoms with E-state index in [2.05, 4.69) is 43.1 Å². The average Bonchev–Trinajstić information content (AvgIpc) is 2.26. The van der Waals surface area contributed by atoms with Crippen LogP contribution in [0.5, 0.6) is 0 Å². The number of benzene rings is 1. The summed E-state index contributed by atoms with van der Waals surface area (Å²) in [4.78, 5) is 2.34. The third kappa shape index (κ3) is 2.06. The van der Waals surface area contributed by atoms with E-state index in [-0.39, 0.29) is 6.10 Å². The Morgan fingerprint density at radius 1 is 1.27 bits per heavy atom. The number of nitrogens with zero attached hydrogens (tertiary/aromatic N) is 1. The van der Waals surface area contributed by atoms with Crippen molar-refractivity contribution in [1.29, 1.82) is 0 Å². The molecule has 3 unspecified atom stereocenters. The van der Waals surface area contributed by atoms with Gasteiger partial charge in [0.25, 0.3) is 0 Å². The summed E-state index contributed by atoms with van der Waals surface area (Å²) in [5.74, 6) is 0.311. The molecule has 1 aromatic carbocycles. The first kappa shape index (κ1) is 10.7. The topological polar surface area (TPSA) is 23.5 Å². The molecule has 1 aliphatic rings. The summed E-state index contributed by atoms with van der Waals surface area (Å²) in [6.07, 6.45) is 0.729. The van der Waals surface area contributed by atoms with Crippen LogP contribution in [0.2, 0.25) is 0 Å². The lowest BCUT2D eigenvalue weighted by molar-refractivity contribution is 0.00224. The lowest BCUT2D eigenvalue weighted by Gasteiger charge is -2.40. The second-order valence-corrected chi connectivity index (χ2v) is 4.55. The smallest absolute Gasteiger partial charge is 0.0596 e. The van der Waals surface area contributed by atoms with E-state index in [1.165, 1.54) is 5.56 Å². The molecule has 0 bridgehead atoms. The molecular formula is C13H19NO. The van der Waals surface area contributed by atoms with Gasteiger partial charge in [0.05, 0.1) is 6.10 Å². The van der Waals surface area contributed by atoms with Crippen LogP contribution in [0.1, 0.15) is 24.9 Å². The van der Waals surface area contributed by atoms with Crippen molar-refractivity contribution in [2.24, 2.45) is 5.92 Å². The summed E-state index contributed by atoms with van der Waals surface area (Å²) < 4.78 is 0. The van der Waals surface area contributed by atoms with E-state index in [4.69, 9.17) is 0 Å². The van der Waals surface area contributed by atoms with Gasteiger partial charge < -0.3 is 5.11 Å². The van der Waals surface area contributed by atoms with Crippen molar-refractivity contribution in [3.05, 3.63) is 35.9 Å². The molecule has 0 spiro atoms. The van der Waals surface area contributed by atoms with E-state index in [0.29, 0.717) is 12.0 Å². The largest absolute Gasteiger partial charge is 0.393 e. The summed E-state index contributed by atoms with van der Waals surface area (Å²) in [6, 6.07) is 10.8. The van der Waals surface area contributed by atoms with Crippen molar-refractivity contribution in [2.45, 2.75) is 25.5 Å². The van der Waals surface area contributed by atoms with Crippen molar-refractivity contribution in [1.82, 2.24) is 4.90 Å². The minimum Gasteiger partial charge on any atom is -0.393 e. The van der Waals surface area contributed by atoms with Crippen molar-refractivity contribution in [3.8, 4) is 0 Å². The van der Waals surface area contributed by atoms with Gasteiger partial charge in [-0.15, -0.1) is 0 Å². The molecule has 0 saturated carbocycles. The lowest BCUT2D eigenvalue weighted by atomic mass is 9.84. The molecule has 2 rings (SSSR count). The SMILES string of the molecule is CC1C(O)CCN(C)C1c1ccccc1. The molecule has 15 heavy (non-hydrogen) atoms. The predicted molar refractivity (Wildman–Crippen MR) is 61.6 cm³/mol. The van der Waals surface area contributed by atoms with Gasteiger partial charge in [-0.3, -0.25) is 4.90 Å². The highest BCUT2D eigenvalue weighted by molar-refractivity contribution is 5.20. The molecule has 0 aliphatic carbocycles. The van der Waals surface area contributed by atoms with Gasteiger partial charge in [0.15, 0.2) is 0 Å². The van der Waals surface area contributed by atoms with Gasteiger partial charge in [0.2, 0.25) is 0 Å². The Kier molecular flexibility index (Phi) is 3.08. The Bertz CT molecular complexity index is 312. The zero-order valence-electron chi connectivity index (χ0n) is 9.43. The van der Waals surface area contributed by atoms with Crippen molar-refractivity contribution >= 4 is 0 Å². The summed E-state index contributed by atoms with van der Waals surface area (Å²) in [6.45, 7) is 3.11. The Labute approximate surface area is 91.5 Å². The van der Waals surface area contributed by atoms with Gasteiger partial charge in [0.1, 0.15) is 0 Å². The Morgan fingerprint density at radius 2 is 1.93 bits per heavy atom. The quantitative estimate of drug-likeness (QED) is 0.758. The van der Waals surface area contributed by atoms with Crippen LogP contribution >= 0.6 is 0 Å². The van der Waals surface area contributed by atoms with Crippen LogP contribution in [0.15, 0.2) is 30.3 Å². The van der Waals surface area contributed by atoms with Gasteiger partial charge in [-0.25, -0.2) is 0 Å². The monoisotopic (exact) mass is 205 g/mol. The highest BCUT2D eigenvalue weighted by Crippen LogP contribution is 2.34. The van der Waals surface area contributed by atoms with Crippen LogP contribution in [0, 0.1) is 5.92 Å². The molecule has 3 atom stereocenters. The number of aliphatic hydroxyl groups excluding tert-OH is 1. The van der Waals surface area contributed by atoms with Crippen molar-refractivity contribution in [3.63, 3.8) is 0 Å². The fourth-order valence-corrected chi connectivity index (χ4v) is 2.56. The maximum absolute atomic E-state index is 9.90. The van der Waals surface area contributed by atoms with Crippen LogP contribution in [0.25, 0.3) is 0 Å². The van der Waals surface area contributed by atoms with Gasteiger partial charge in [-0.05, 0) is 19.0 Å². The molecule has 1 fully saturated rings. The number of aliphatic hydroxyl groups is 1. The number of hydrogen-bond acceptors (Lipinski definition) is 2. The zero-order chi connectivity index (χ0) is 10.8. The van der Waals surface area contributed by atoms with E-state index in [9.17, 15) is 5.11 Å². The van der Waals surface area contributed by atoms with Gasteiger partial charge in [-0.1, -0.05) is 37.3 Å². The molecule has 2 heteroatoms. The molecule has 2 nitrogen and oxygen atoms in total. The second kappa shape index (κ2) is 4.33. The fourth-order valence-electron chi connectivity index (χ4n) is 2.56. The molecule has 1 saturated heterocycles. The first-order valence-corrected chi connectivity index (χ1v) is 5.63. The molecule has 1 N–H and O–H groups in total. The first-order valence-electron chi connectivity index (χ1n) is 5.63. The molecule has 0 aromatic heterocycles. The maximum atomic E-state index is 9.90. The second-order valence-electron chi connectivity index (χ2n) is 4.55. The normalized spacial score (nSPS) is 32.9. The van der Waals surface area contributed by atoms with Gasteiger partial charge in [-0.2, -0.15) is 0 Å². The van der Waals surface area contributed by atoms with E-state index in [0.717, 1.165) is 13.0 Å². The van der Waals surface area contributed by atoms with E-state index >= 15 is 0 Å².